The first-order valence-corrected chi connectivity index (χ1v) is 8.03. The number of rotatable bonds is 6. The number of pyridine rings is 1. The van der Waals surface area contributed by atoms with E-state index in [1.165, 1.54) is 37.7 Å². The molecule has 0 spiro atoms. The van der Waals surface area contributed by atoms with Gasteiger partial charge in [-0.05, 0) is 38.7 Å². The minimum atomic E-state index is 0.169. The van der Waals surface area contributed by atoms with Crippen LogP contribution in [0.5, 0.6) is 5.88 Å². The van der Waals surface area contributed by atoms with Crippen molar-refractivity contribution in [3.05, 3.63) is 23.9 Å². The lowest BCUT2D eigenvalue weighted by molar-refractivity contribution is 0.227. The van der Waals surface area contributed by atoms with Crippen LogP contribution in [0.1, 0.15) is 58.4 Å². The number of nitrogens with one attached hydrogen (secondary N) is 1. The molecule has 0 amide bonds. The second-order valence-corrected chi connectivity index (χ2v) is 6.15. The van der Waals surface area contributed by atoms with E-state index in [9.17, 15) is 0 Å². The zero-order valence-electron chi connectivity index (χ0n) is 13.1. The molecule has 20 heavy (non-hydrogen) atoms. The fraction of sp³-hybridized carbons (Fsp3) is 0.706. The Morgan fingerprint density at radius 1 is 1.40 bits per heavy atom. The smallest absolute Gasteiger partial charge is 0.218 e. The Balaban J connectivity index is 1.90. The summed E-state index contributed by atoms with van der Waals surface area (Å²) < 4.78 is 5.78. The van der Waals surface area contributed by atoms with E-state index in [0.717, 1.165) is 18.3 Å². The molecule has 2 rings (SSSR count). The van der Waals surface area contributed by atoms with E-state index in [4.69, 9.17) is 4.74 Å². The Morgan fingerprint density at radius 2 is 2.25 bits per heavy atom. The Hall–Kier alpha value is -1.09. The van der Waals surface area contributed by atoms with E-state index < -0.39 is 0 Å². The van der Waals surface area contributed by atoms with Crippen LogP contribution in [-0.4, -0.2) is 17.1 Å². The van der Waals surface area contributed by atoms with Crippen molar-refractivity contribution in [3.63, 3.8) is 0 Å². The van der Waals surface area contributed by atoms with Crippen LogP contribution in [0.3, 0.4) is 0 Å². The maximum atomic E-state index is 5.78. The van der Waals surface area contributed by atoms with E-state index in [2.05, 4.69) is 23.3 Å². The van der Waals surface area contributed by atoms with Gasteiger partial charge in [-0.15, -0.1) is 0 Å². The molecule has 0 aromatic carbocycles. The highest BCUT2D eigenvalue weighted by Gasteiger charge is 2.20. The average molecular weight is 276 g/mol. The molecule has 0 aliphatic heterocycles. The predicted molar refractivity (Wildman–Crippen MR) is 82.9 cm³/mol. The fourth-order valence-corrected chi connectivity index (χ4v) is 2.99. The quantitative estimate of drug-likeness (QED) is 0.855. The second kappa shape index (κ2) is 7.63. The minimum absolute atomic E-state index is 0.169. The van der Waals surface area contributed by atoms with Gasteiger partial charge in [0.05, 0.1) is 6.10 Å². The summed E-state index contributed by atoms with van der Waals surface area (Å²) in [7, 11) is 0. The first-order chi connectivity index (χ1) is 9.69. The van der Waals surface area contributed by atoms with Crippen molar-refractivity contribution in [3.8, 4) is 5.88 Å². The average Bonchev–Trinajstić information content (AvgIpc) is 2.46. The van der Waals surface area contributed by atoms with Crippen molar-refractivity contribution < 1.29 is 4.74 Å². The highest BCUT2D eigenvalue weighted by molar-refractivity contribution is 5.25. The van der Waals surface area contributed by atoms with Crippen molar-refractivity contribution in [2.45, 2.75) is 71.6 Å². The highest BCUT2D eigenvalue weighted by atomic mass is 16.5. The third-order valence-electron chi connectivity index (χ3n) is 4.14. The standard InChI is InChI=1S/C17H28N2O/c1-4-14-7-5-9-16(11-14)19-12-15-8-6-10-18-17(15)20-13(2)3/h6,8,10,13-14,16,19H,4-5,7,9,11-12H2,1-3H3. The molecule has 2 atom stereocenters. The van der Waals surface area contributed by atoms with Crippen molar-refractivity contribution in [2.75, 3.05) is 0 Å². The number of nitrogens with zero attached hydrogens (tertiary/aromatic N) is 1. The van der Waals surface area contributed by atoms with Gasteiger partial charge in [-0.2, -0.15) is 0 Å². The third kappa shape index (κ3) is 4.48. The maximum absolute atomic E-state index is 5.78. The lowest BCUT2D eigenvalue weighted by Gasteiger charge is -2.29. The zero-order chi connectivity index (χ0) is 14.4. The van der Waals surface area contributed by atoms with Gasteiger partial charge in [-0.3, -0.25) is 0 Å². The molecule has 1 N–H and O–H groups in total. The number of hydrogen-bond acceptors (Lipinski definition) is 3. The van der Waals surface area contributed by atoms with Crippen LogP contribution in [0.25, 0.3) is 0 Å². The van der Waals surface area contributed by atoms with Crippen molar-refractivity contribution >= 4 is 0 Å². The Kier molecular flexibility index (Phi) is 5.84. The molecule has 1 saturated carbocycles. The van der Waals surface area contributed by atoms with Gasteiger partial charge >= 0.3 is 0 Å². The molecule has 0 bridgehead atoms. The predicted octanol–water partition coefficient (Wildman–Crippen LogP) is 3.93. The zero-order valence-corrected chi connectivity index (χ0v) is 13.1. The van der Waals surface area contributed by atoms with Crippen LogP contribution in [-0.2, 0) is 6.54 Å². The lowest BCUT2D eigenvalue weighted by Crippen LogP contribution is -2.33. The van der Waals surface area contributed by atoms with Gasteiger partial charge in [-0.1, -0.05) is 32.3 Å². The van der Waals surface area contributed by atoms with Gasteiger partial charge in [0.25, 0.3) is 0 Å². The molecule has 1 fully saturated rings. The van der Waals surface area contributed by atoms with Crippen LogP contribution in [0.2, 0.25) is 0 Å². The largest absolute Gasteiger partial charge is 0.475 e. The topological polar surface area (TPSA) is 34.2 Å². The number of ether oxygens (including phenoxy) is 1. The monoisotopic (exact) mass is 276 g/mol. The van der Waals surface area contributed by atoms with E-state index in [1.54, 1.807) is 6.20 Å². The Morgan fingerprint density at radius 3 is 3.00 bits per heavy atom. The summed E-state index contributed by atoms with van der Waals surface area (Å²) in [5.74, 6) is 1.68. The second-order valence-electron chi connectivity index (χ2n) is 6.15. The highest BCUT2D eigenvalue weighted by Crippen LogP contribution is 2.27. The van der Waals surface area contributed by atoms with Gasteiger partial charge in [0.1, 0.15) is 0 Å². The molecule has 112 valence electrons. The molecule has 3 nitrogen and oxygen atoms in total. The van der Waals surface area contributed by atoms with Gasteiger partial charge < -0.3 is 10.1 Å². The van der Waals surface area contributed by atoms with E-state index in [-0.39, 0.29) is 6.10 Å². The van der Waals surface area contributed by atoms with Gasteiger partial charge in [0.15, 0.2) is 0 Å². The van der Waals surface area contributed by atoms with Gasteiger partial charge in [0.2, 0.25) is 5.88 Å². The van der Waals surface area contributed by atoms with Gasteiger partial charge in [0, 0.05) is 24.3 Å². The molecular weight excluding hydrogens is 248 g/mol. The molecular formula is C17H28N2O. The van der Waals surface area contributed by atoms with E-state index >= 15 is 0 Å². The van der Waals surface area contributed by atoms with Crippen LogP contribution < -0.4 is 10.1 Å². The first kappa shape index (κ1) is 15.3. The minimum Gasteiger partial charge on any atom is -0.475 e. The molecule has 0 saturated heterocycles. The summed E-state index contributed by atoms with van der Waals surface area (Å²) >= 11 is 0. The lowest BCUT2D eigenvalue weighted by atomic mass is 9.84. The molecule has 3 heteroatoms. The molecule has 1 aliphatic carbocycles. The molecule has 0 radical (unpaired) electrons. The summed E-state index contributed by atoms with van der Waals surface area (Å²) in [4.78, 5) is 4.35. The van der Waals surface area contributed by atoms with Crippen LogP contribution in [0.4, 0.5) is 0 Å². The van der Waals surface area contributed by atoms with E-state index in [1.807, 2.05) is 19.9 Å². The van der Waals surface area contributed by atoms with Crippen molar-refractivity contribution in [1.82, 2.24) is 10.3 Å². The SMILES string of the molecule is CCC1CCCC(NCc2cccnc2OC(C)C)C1. The summed E-state index contributed by atoms with van der Waals surface area (Å²) in [6.07, 6.45) is 8.67. The van der Waals surface area contributed by atoms with E-state index in [0.29, 0.717) is 6.04 Å². The molecule has 1 aromatic heterocycles. The molecule has 1 heterocycles. The molecule has 1 aromatic rings. The van der Waals surface area contributed by atoms with Gasteiger partial charge in [-0.25, -0.2) is 4.98 Å². The van der Waals surface area contributed by atoms with Crippen molar-refractivity contribution in [2.24, 2.45) is 5.92 Å². The maximum Gasteiger partial charge on any atom is 0.218 e. The first-order valence-electron chi connectivity index (χ1n) is 8.03. The van der Waals surface area contributed by atoms with Crippen molar-refractivity contribution in [1.29, 1.82) is 0 Å². The third-order valence-corrected chi connectivity index (χ3v) is 4.14. The number of aromatic nitrogens is 1. The number of hydrogen-bond donors (Lipinski definition) is 1. The fourth-order valence-electron chi connectivity index (χ4n) is 2.99. The summed E-state index contributed by atoms with van der Waals surface area (Å²) in [5, 5.41) is 3.70. The van der Waals surface area contributed by atoms with Crippen LogP contribution >= 0.6 is 0 Å². The Bertz CT molecular complexity index is 406. The summed E-state index contributed by atoms with van der Waals surface area (Å²) in [6.45, 7) is 7.25. The summed E-state index contributed by atoms with van der Waals surface area (Å²) in [6, 6.07) is 4.75. The Labute approximate surface area is 123 Å². The molecule has 2 unspecified atom stereocenters. The summed E-state index contributed by atoms with van der Waals surface area (Å²) in [5.41, 5.74) is 1.17. The van der Waals surface area contributed by atoms with Crippen LogP contribution in [0.15, 0.2) is 18.3 Å². The normalized spacial score (nSPS) is 23.0. The molecule has 1 aliphatic rings. The van der Waals surface area contributed by atoms with Crippen LogP contribution in [0, 0.1) is 5.92 Å².